The molecule has 0 amide bonds. The summed E-state index contributed by atoms with van der Waals surface area (Å²) in [6.45, 7) is 4.60. The third kappa shape index (κ3) is 3.19. The summed E-state index contributed by atoms with van der Waals surface area (Å²) >= 11 is 0. The molecule has 1 nitrogen and oxygen atoms in total. The lowest BCUT2D eigenvalue weighted by Crippen LogP contribution is -2.06. The Kier molecular flexibility index (Phi) is 4.52. The largest absolute Gasteiger partial charge is 0.218 e. The fraction of sp³-hybridized carbons (Fsp3) is 0.353. The molecule has 0 aliphatic carbocycles. The number of nitrogens with one attached hydrogen (secondary N) is 1. The van der Waals surface area contributed by atoms with Gasteiger partial charge < -0.3 is 0 Å². The Labute approximate surface area is 110 Å². The first-order chi connectivity index (χ1) is 8.81. The molecule has 0 aliphatic rings. The predicted octanol–water partition coefficient (Wildman–Crippen LogP) is 4.19. The maximum Gasteiger partial charge on any atom is 0.167 e. The Bertz CT molecular complexity index is 450. The van der Waals surface area contributed by atoms with Gasteiger partial charge >= 0.3 is 0 Å². The van der Waals surface area contributed by atoms with E-state index in [1.807, 2.05) is 12.4 Å². The van der Waals surface area contributed by atoms with Gasteiger partial charge in [0.05, 0.1) is 0 Å². The summed E-state index contributed by atoms with van der Waals surface area (Å²) in [6.07, 6.45) is 6.43. The van der Waals surface area contributed by atoms with Gasteiger partial charge in [-0.1, -0.05) is 44.2 Å². The highest BCUT2D eigenvalue weighted by molar-refractivity contribution is 5.21. The smallest absolute Gasteiger partial charge is 0.167 e. The first-order valence-electron chi connectivity index (χ1n) is 6.82. The molecular weight excluding hydrogens is 218 g/mol. The van der Waals surface area contributed by atoms with Crippen LogP contribution in [-0.4, -0.2) is 0 Å². The molecule has 18 heavy (non-hydrogen) atoms. The summed E-state index contributed by atoms with van der Waals surface area (Å²) in [5.74, 6) is 1.26. The third-order valence-electron chi connectivity index (χ3n) is 3.71. The van der Waals surface area contributed by atoms with E-state index in [2.05, 4.69) is 61.3 Å². The summed E-state index contributed by atoms with van der Waals surface area (Å²) in [5.41, 5.74) is 2.89. The summed E-state index contributed by atoms with van der Waals surface area (Å²) in [4.78, 5) is 3.09. The molecule has 0 bridgehead atoms. The van der Waals surface area contributed by atoms with Crippen LogP contribution in [0.2, 0.25) is 0 Å². The zero-order valence-electron chi connectivity index (χ0n) is 11.3. The molecule has 0 radical (unpaired) electrons. The number of rotatable bonds is 5. The lowest BCUT2D eigenvalue weighted by Gasteiger charge is -2.20. The number of hydrogen-bond donors (Lipinski definition) is 0. The highest BCUT2D eigenvalue weighted by Gasteiger charge is 2.15. The van der Waals surface area contributed by atoms with Crippen LogP contribution in [0.5, 0.6) is 0 Å². The molecule has 2 aromatic rings. The van der Waals surface area contributed by atoms with Gasteiger partial charge in [0, 0.05) is 12.1 Å². The van der Waals surface area contributed by atoms with Crippen molar-refractivity contribution in [3.05, 3.63) is 66.0 Å². The fourth-order valence-corrected chi connectivity index (χ4v) is 2.55. The van der Waals surface area contributed by atoms with E-state index in [-0.39, 0.29) is 0 Å². The van der Waals surface area contributed by atoms with Crippen LogP contribution in [0, 0.1) is 0 Å². The molecule has 0 saturated heterocycles. The van der Waals surface area contributed by atoms with Gasteiger partial charge in [-0.25, -0.2) is 4.98 Å². The molecule has 1 N–H and O–H groups in total. The van der Waals surface area contributed by atoms with Gasteiger partial charge in [-0.2, -0.15) is 0 Å². The van der Waals surface area contributed by atoms with E-state index in [1.165, 1.54) is 24.0 Å². The number of hydrogen-bond acceptors (Lipinski definition) is 0. The van der Waals surface area contributed by atoms with Crippen LogP contribution >= 0.6 is 0 Å². The molecular formula is C17H22N+. The molecule has 1 heterocycles. The second kappa shape index (κ2) is 6.34. The van der Waals surface area contributed by atoms with Crippen molar-refractivity contribution in [2.45, 2.75) is 38.5 Å². The Morgan fingerprint density at radius 3 is 2.22 bits per heavy atom. The van der Waals surface area contributed by atoms with E-state index in [4.69, 9.17) is 0 Å². The van der Waals surface area contributed by atoms with Crippen molar-refractivity contribution in [2.24, 2.45) is 0 Å². The van der Waals surface area contributed by atoms with Crippen LogP contribution in [0.15, 0.2) is 54.9 Å². The van der Waals surface area contributed by atoms with Crippen LogP contribution < -0.4 is 4.98 Å². The van der Waals surface area contributed by atoms with Crippen LogP contribution in [-0.2, 0) is 0 Å². The topological polar surface area (TPSA) is 14.1 Å². The Balaban J connectivity index is 2.07. The van der Waals surface area contributed by atoms with E-state index in [9.17, 15) is 0 Å². The van der Waals surface area contributed by atoms with Crippen LogP contribution in [0.1, 0.15) is 49.7 Å². The number of pyridine rings is 1. The minimum atomic E-state index is 0.602. The summed E-state index contributed by atoms with van der Waals surface area (Å²) < 4.78 is 0. The molecule has 2 atom stereocenters. The molecule has 0 saturated carbocycles. The van der Waals surface area contributed by atoms with Crippen LogP contribution in [0.25, 0.3) is 0 Å². The normalized spacial score (nSPS) is 14.1. The van der Waals surface area contributed by atoms with Crippen molar-refractivity contribution in [1.82, 2.24) is 0 Å². The van der Waals surface area contributed by atoms with Crippen molar-refractivity contribution in [2.75, 3.05) is 0 Å². The first kappa shape index (κ1) is 12.8. The maximum atomic E-state index is 3.09. The molecule has 0 spiro atoms. The van der Waals surface area contributed by atoms with Crippen LogP contribution in [0.3, 0.4) is 0 Å². The van der Waals surface area contributed by atoms with E-state index < -0.39 is 0 Å². The monoisotopic (exact) mass is 240 g/mol. The van der Waals surface area contributed by atoms with Gasteiger partial charge in [0.1, 0.15) is 0 Å². The number of benzene rings is 1. The van der Waals surface area contributed by atoms with Crippen molar-refractivity contribution >= 4 is 0 Å². The molecule has 94 valence electrons. The average Bonchev–Trinajstić information content (AvgIpc) is 2.46. The minimum Gasteiger partial charge on any atom is -0.218 e. The lowest BCUT2D eigenvalue weighted by atomic mass is 9.85. The van der Waals surface area contributed by atoms with E-state index in [0.29, 0.717) is 11.8 Å². The summed E-state index contributed by atoms with van der Waals surface area (Å²) in [6, 6.07) is 15.2. The van der Waals surface area contributed by atoms with E-state index in [0.717, 1.165) is 0 Å². The number of H-pyrrole nitrogens is 1. The molecule has 1 aromatic heterocycles. The Morgan fingerprint density at radius 2 is 1.61 bits per heavy atom. The highest BCUT2D eigenvalue weighted by Crippen LogP contribution is 2.31. The predicted molar refractivity (Wildman–Crippen MR) is 75.5 cm³/mol. The fourth-order valence-electron chi connectivity index (χ4n) is 2.55. The lowest BCUT2D eigenvalue weighted by molar-refractivity contribution is -0.378. The average molecular weight is 240 g/mol. The zero-order chi connectivity index (χ0) is 12.8. The van der Waals surface area contributed by atoms with Gasteiger partial charge in [0.15, 0.2) is 12.4 Å². The second-order valence-corrected chi connectivity index (χ2v) is 4.99. The van der Waals surface area contributed by atoms with Crippen molar-refractivity contribution in [3.8, 4) is 0 Å². The van der Waals surface area contributed by atoms with Crippen LogP contribution in [0.4, 0.5) is 0 Å². The zero-order valence-corrected chi connectivity index (χ0v) is 11.3. The molecule has 2 rings (SSSR count). The molecule has 0 aliphatic heterocycles. The van der Waals surface area contributed by atoms with E-state index >= 15 is 0 Å². The molecule has 0 fully saturated rings. The minimum absolute atomic E-state index is 0.602. The van der Waals surface area contributed by atoms with Crippen molar-refractivity contribution in [3.63, 3.8) is 0 Å². The molecule has 1 aromatic carbocycles. The second-order valence-electron chi connectivity index (χ2n) is 4.99. The summed E-state index contributed by atoms with van der Waals surface area (Å²) in [7, 11) is 0. The Morgan fingerprint density at radius 1 is 0.944 bits per heavy atom. The van der Waals surface area contributed by atoms with Gasteiger partial charge in [-0.15, -0.1) is 0 Å². The SMILES string of the molecule is CCC(CC(C)c1cc[nH+]cc1)c1ccccc1. The van der Waals surface area contributed by atoms with Gasteiger partial charge in [-0.3, -0.25) is 0 Å². The van der Waals surface area contributed by atoms with Gasteiger partial charge in [0.2, 0.25) is 0 Å². The van der Waals surface area contributed by atoms with Crippen molar-refractivity contribution in [1.29, 1.82) is 0 Å². The standard InChI is InChI=1S/C17H21N/c1-3-15(17-7-5-4-6-8-17)13-14(2)16-9-11-18-12-10-16/h4-12,14-15H,3,13H2,1-2H3/p+1. The number of aromatic nitrogens is 1. The van der Waals surface area contributed by atoms with E-state index in [1.54, 1.807) is 0 Å². The Hall–Kier alpha value is -1.63. The van der Waals surface area contributed by atoms with Crippen molar-refractivity contribution < 1.29 is 4.98 Å². The molecule has 1 heteroatoms. The summed E-state index contributed by atoms with van der Waals surface area (Å²) in [5, 5.41) is 0. The van der Waals surface area contributed by atoms with Gasteiger partial charge in [-0.05, 0) is 35.8 Å². The maximum absolute atomic E-state index is 3.09. The first-order valence-corrected chi connectivity index (χ1v) is 6.82. The number of aromatic amines is 1. The molecule has 2 unspecified atom stereocenters. The van der Waals surface area contributed by atoms with Gasteiger partial charge in [0.25, 0.3) is 0 Å². The highest BCUT2D eigenvalue weighted by atomic mass is 14.6. The third-order valence-corrected chi connectivity index (χ3v) is 3.71. The quantitative estimate of drug-likeness (QED) is 0.744.